The number of rotatable bonds is 7. The van der Waals surface area contributed by atoms with Gasteiger partial charge in [-0.3, -0.25) is 29.0 Å². The zero-order valence-electron chi connectivity index (χ0n) is 21.9. The second-order valence-corrected chi connectivity index (χ2v) is 10.5. The number of benzene rings is 1. The molecule has 0 aliphatic heterocycles. The Morgan fingerprint density at radius 2 is 1.76 bits per heavy atom. The molecule has 196 valence electrons. The minimum Gasteiger partial charge on any atom is -0.322 e. The predicted octanol–water partition coefficient (Wildman–Crippen LogP) is 4.21. The van der Waals surface area contributed by atoms with Gasteiger partial charge in [0.2, 0.25) is 5.91 Å². The van der Waals surface area contributed by atoms with Crippen LogP contribution in [0.5, 0.6) is 0 Å². The van der Waals surface area contributed by atoms with E-state index >= 15 is 0 Å². The van der Waals surface area contributed by atoms with Crippen LogP contribution < -0.4 is 10.8 Å². The molecule has 0 saturated heterocycles. The van der Waals surface area contributed by atoms with Crippen molar-refractivity contribution in [3.8, 4) is 11.3 Å². The second kappa shape index (κ2) is 10.7. The van der Waals surface area contributed by atoms with E-state index in [4.69, 9.17) is 4.84 Å². The molecule has 10 heteroatoms. The van der Waals surface area contributed by atoms with Gasteiger partial charge in [-0.25, -0.2) is 5.48 Å². The summed E-state index contributed by atoms with van der Waals surface area (Å²) in [5.74, 6) is -1.80. The van der Waals surface area contributed by atoms with Crippen molar-refractivity contribution in [3.63, 3.8) is 0 Å². The summed E-state index contributed by atoms with van der Waals surface area (Å²) in [6.45, 7) is 7.37. The Morgan fingerprint density at radius 1 is 1.08 bits per heavy atom. The summed E-state index contributed by atoms with van der Waals surface area (Å²) in [7, 11) is 1.61. The zero-order chi connectivity index (χ0) is 26.7. The molecule has 3 aromatic rings. The van der Waals surface area contributed by atoms with Crippen molar-refractivity contribution in [1.29, 1.82) is 0 Å². The second-order valence-electron chi connectivity index (χ2n) is 10.5. The Morgan fingerprint density at radius 3 is 2.38 bits per heavy atom. The highest BCUT2D eigenvalue weighted by molar-refractivity contribution is 6.05. The first kappa shape index (κ1) is 26.3. The number of aromatic amines is 1. The first-order chi connectivity index (χ1) is 17.5. The number of hydrogen-bond donors (Lipinski definition) is 3. The molecule has 2 amide bonds. The van der Waals surface area contributed by atoms with Crippen molar-refractivity contribution in [3.05, 3.63) is 53.5 Å². The average Bonchev–Trinajstić information content (AvgIpc) is 3.47. The lowest BCUT2D eigenvalue weighted by Gasteiger charge is -2.29. The molecule has 1 aromatic carbocycles. The number of anilines is 1. The van der Waals surface area contributed by atoms with Crippen molar-refractivity contribution in [1.82, 2.24) is 25.5 Å². The van der Waals surface area contributed by atoms with Crippen LogP contribution in [0.1, 0.15) is 73.0 Å². The maximum absolute atomic E-state index is 13.5. The van der Waals surface area contributed by atoms with Gasteiger partial charge in [-0.2, -0.15) is 10.2 Å². The number of carbonyl (C=O) groups excluding carboxylic acids is 3. The number of ketones is 1. The fourth-order valence-electron chi connectivity index (χ4n) is 4.62. The molecule has 1 aliphatic rings. The highest BCUT2D eigenvalue weighted by Gasteiger charge is 2.37. The monoisotopic (exact) mass is 506 g/mol. The molecule has 2 aromatic heterocycles. The first-order valence-corrected chi connectivity index (χ1v) is 12.5. The average molecular weight is 507 g/mol. The summed E-state index contributed by atoms with van der Waals surface area (Å²) >= 11 is 0. The minimum absolute atomic E-state index is 0.0488. The van der Waals surface area contributed by atoms with Gasteiger partial charge in [-0.05, 0) is 46.6 Å². The molecule has 10 nitrogen and oxygen atoms in total. The third-order valence-corrected chi connectivity index (χ3v) is 6.47. The van der Waals surface area contributed by atoms with Crippen LogP contribution in [0.4, 0.5) is 5.69 Å². The molecule has 2 heterocycles. The molecule has 0 radical (unpaired) electrons. The number of Topliss-reactive ketones (excluding diaryl/α,β-unsaturated/α-hetero) is 1. The van der Waals surface area contributed by atoms with E-state index in [-0.39, 0.29) is 23.1 Å². The number of hydroxylamine groups is 1. The van der Waals surface area contributed by atoms with Crippen LogP contribution in [-0.2, 0) is 16.7 Å². The molecule has 3 N–H and O–H groups in total. The number of H-pyrrole nitrogens is 1. The van der Waals surface area contributed by atoms with Crippen molar-refractivity contribution in [2.75, 3.05) is 5.32 Å². The third-order valence-electron chi connectivity index (χ3n) is 6.47. The SMILES string of the molecule is Cc1cc(-c2ccc(C(=O)[C@@H]3CCCC[C@H]3C(=O)Nc3cnn(C)c3C(=O)NOC(C)(C)C)cc2)n[nH]1. The Labute approximate surface area is 216 Å². The standard InChI is InChI=1S/C27H34N6O4/c1-16-14-21(31-30-16)17-10-12-18(13-11-17)24(34)19-8-6-7-9-20(19)25(35)29-22-15-28-33(5)23(22)26(36)32-37-27(2,3)4/h10-15,19-20H,6-9H2,1-5H3,(H,29,35)(H,30,31)(H,32,36)/t19-,20-/m1/s1. The Hall–Kier alpha value is -3.79. The van der Waals surface area contributed by atoms with Crippen LogP contribution in [0.25, 0.3) is 11.3 Å². The quantitative estimate of drug-likeness (QED) is 0.325. The number of hydrogen-bond acceptors (Lipinski definition) is 6. The molecule has 1 fully saturated rings. The van der Waals surface area contributed by atoms with Crippen molar-refractivity contribution >= 4 is 23.3 Å². The molecule has 1 aliphatic carbocycles. The fraction of sp³-hybridized carbons (Fsp3) is 0.444. The number of nitrogens with zero attached hydrogens (tertiary/aromatic N) is 3. The largest absolute Gasteiger partial charge is 0.322 e. The van der Waals surface area contributed by atoms with Crippen LogP contribution in [-0.4, -0.2) is 43.2 Å². The molecule has 0 bridgehead atoms. The van der Waals surface area contributed by atoms with Crippen LogP contribution in [0.15, 0.2) is 36.5 Å². The van der Waals surface area contributed by atoms with Crippen LogP contribution in [0.3, 0.4) is 0 Å². The topological polar surface area (TPSA) is 131 Å². The van der Waals surface area contributed by atoms with Crippen LogP contribution >= 0.6 is 0 Å². The summed E-state index contributed by atoms with van der Waals surface area (Å²) in [5, 5.41) is 14.2. The molecule has 37 heavy (non-hydrogen) atoms. The van der Waals surface area contributed by atoms with Crippen LogP contribution in [0.2, 0.25) is 0 Å². The van der Waals surface area contributed by atoms with Gasteiger partial charge in [0, 0.05) is 35.7 Å². The number of amides is 2. The van der Waals surface area contributed by atoms with E-state index in [0.29, 0.717) is 18.4 Å². The summed E-state index contributed by atoms with van der Waals surface area (Å²) in [6.07, 6.45) is 4.41. The van der Waals surface area contributed by atoms with Gasteiger partial charge in [-0.15, -0.1) is 0 Å². The molecular formula is C27H34N6O4. The lowest BCUT2D eigenvalue weighted by atomic mass is 9.75. The van der Waals surface area contributed by atoms with Crippen molar-refractivity contribution < 1.29 is 19.2 Å². The normalized spacial score (nSPS) is 17.9. The van der Waals surface area contributed by atoms with E-state index in [0.717, 1.165) is 29.8 Å². The molecule has 2 atom stereocenters. The lowest BCUT2D eigenvalue weighted by molar-refractivity contribution is -0.122. The van der Waals surface area contributed by atoms with E-state index in [1.54, 1.807) is 19.2 Å². The fourth-order valence-corrected chi connectivity index (χ4v) is 4.62. The molecule has 4 rings (SSSR count). The molecule has 0 unspecified atom stereocenters. The molecular weight excluding hydrogens is 472 g/mol. The number of aromatic nitrogens is 4. The van der Waals surface area contributed by atoms with Gasteiger partial charge in [0.25, 0.3) is 5.91 Å². The van der Waals surface area contributed by atoms with Gasteiger partial charge in [0.1, 0.15) is 0 Å². The van der Waals surface area contributed by atoms with Gasteiger partial charge in [0.15, 0.2) is 11.5 Å². The zero-order valence-corrected chi connectivity index (χ0v) is 21.9. The van der Waals surface area contributed by atoms with E-state index < -0.39 is 23.3 Å². The maximum Gasteiger partial charge on any atom is 0.295 e. The van der Waals surface area contributed by atoms with E-state index in [1.807, 2.05) is 45.9 Å². The highest BCUT2D eigenvalue weighted by Crippen LogP contribution is 2.34. The molecule has 1 saturated carbocycles. The number of carbonyl (C=O) groups is 3. The smallest absolute Gasteiger partial charge is 0.295 e. The number of nitrogens with one attached hydrogen (secondary N) is 3. The van der Waals surface area contributed by atoms with Gasteiger partial charge < -0.3 is 5.32 Å². The predicted molar refractivity (Wildman–Crippen MR) is 139 cm³/mol. The molecule has 0 spiro atoms. The van der Waals surface area contributed by atoms with E-state index in [1.165, 1.54) is 10.9 Å². The third kappa shape index (κ3) is 6.14. The van der Waals surface area contributed by atoms with Gasteiger partial charge in [-0.1, -0.05) is 37.1 Å². The van der Waals surface area contributed by atoms with E-state index in [2.05, 4.69) is 26.1 Å². The summed E-state index contributed by atoms with van der Waals surface area (Å²) in [6, 6.07) is 9.29. The number of aryl methyl sites for hydroxylation is 2. The summed E-state index contributed by atoms with van der Waals surface area (Å²) in [5.41, 5.74) is 5.54. The maximum atomic E-state index is 13.5. The first-order valence-electron chi connectivity index (χ1n) is 12.5. The van der Waals surface area contributed by atoms with Crippen molar-refractivity contribution in [2.24, 2.45) is 18.9 Å². The Kier molecular flexibility index (Phi) is 7.58. The van der Waals surface area contributed by atoms with Gasteiger partial charge >= 0.3 is 0 Å². The van der Waals surface area contributed by atoms with E-state index in [9.17, 15) is 14.4 Å². The lowest BCUT2D eigenvalue weighted by Crippen LogP contribution is -2.37. The summed E-state index contributed by atoms with van der Waals surface area (Å²) in [4.78, 5) is 45.0. The summed E-state index contributed by atoms with van der Waals surface area (Å²) < 4.78 is 1.38. The van der Waals surface area contributed by atoms with Gasteiger partial charge in [0.05, 0.1) is 23.2 Å². The van der Waals surface area contributed by atoms with Crippen molar-refractivity contribution in [2.45, 2.75) is 59.0 Å². The highest BCUT2D eigenvalue weighted by atomic mass is 16.7. The Bertz CT molecular complexity index is 1280. The van der Waals surface area contributed by atoms with Crippen LogP contribution in [0, 0.1) is 18.8 Å². The Balaban J connectivity index is 1.48. The minimum atomic E-state index is -0.581.